The van der Waals surface area contributed by atoms with Gasteiger partial charge in [0.05, 0.1) is 6.67 Å². The van der Waals surface area contributed by atoms with E-state index in [1.165, 1.54) is 62.4 Å². The quantitative estimate of drug-likeness (QED) is 0.484. The summed E-state index contributed by atoms with van der Waals surface area (Å²) < 4.78 is 4.56. The first-order chi connectivity index (χ1) is 15.5. The number of rotatable bonds is 4. The van der Waals surface area contributed by atoms with Crippen LogP contribution in [0.5, 0.6) is 0 Å². The Hall–Kier alpha value is -0.0400. The zero-order valence-corrected chi connectivity index (χ0v) is 20.9. The predicted molar refractivity (Wildman–Crippen MR) is 129 cm³/mol. The van der Waals surface area contributed by atoms with Crippen molar-refractivity contribution in [2.24, 2.45) is 46.3 Å². The van der Waals surface area contributed by atoms with Gasteiger partial charge in [0.1, 0.15) is 0 Å². The van der Waals surface area contributed by atoms with Crippen molar-refractivity contribution in [3.8, 4) is 0 Å². The summed E-state index contributed by atoms with van der Waals surface area (Å²) in [7, 11) is 0. The van der Waals surface area contributed by atoms with E-state index in [0.29, 0.717) is 10.2 Å². The predicted octanol–water partition coefficient (Wildman–Crippen LogP) is 5.73. The largest absolute Gasteiger partial charge is 0.285 e. The first-order valence-corrected chi connectivity index (χ1v) is 15.0. The maximum absolute atomic E-state index is 13.6. The van der Waals surface area contributed by atoms with Crippen LogP contribution in [-0.2, 0) is 9.59 Å². The summed E-state index contributed by atoms with van der Waals surface area (Å²) in [6.07, 6.45) is 16.3. The van der Waals surface area contributed by atoms with E-state index in [9.17, 15) is 9.59 Å². The molecule has 8 bridgehead atoms. The summed E-state index contributed by atoms with van der Waals surface area (Å²) in [6.45, 7) is 2.71. The minimum atomic E-state index is -0.0240. The van der Waals surface area contributed by atoms with E-state index in [1.807, 2.05) is 0 Å². The Morgan fingerprint density at radius 3 is 1.19 bits per heavy atom. The van der Waals surface area contributed by atoms with E-state index >= 15 is 0 Å². The maximum Gasteiger partial charge on any atom is 0.210 e. The molecule has 9 fully saturated rings. The molecule has 0 aromatic rings. The molecular weight excluding hydrogens is 436 g/mol. The summed E-state index contributed by atoms with van der Waals surface area (Å²) in [5.41, 5.74) is -0.0479. The lowest BCUT2D eigenvalue weighted by Crippen LogP contribution is -2.51. The molecule has 0 unspecified atom stereocenters. The van der Waals surface area contributed by atoms with Gasteiger partial charge < -0.3 is 0 Å². The van der Waals surface area contributed by atoms with E-state index in [2.05, 4.69) is 8.61 Å². The molecule has 8 aliphatic carbocycles. The van der Waals surface area contributed by atoms with Crippen LogP contribution in [0, 0.1) is 46.3 Å². The Morgan fingerprint density at radius 2 is 0.875 bits per heavy atom. The van der Waals surface area contributed by atoms with Crippen LogP contribution in [0.2, 0.25) is 0 Å². The normalized spacial score (nSPS) is 49.6. The molecule has 9 aliphatic rings. The molecule has 8 saturated carbocycles. The van der Waals surface area contributed by atoms with Crippen LogP contribution in [0.3, 0.4) is 0 Å². The summed E-state index contributed by atoms with van der Waals surface area (Å²) >= 11 is 3.05. The zero-order valence-electron chi connectivity index (χ0n) is 19.3. The average molecular weight is 475 g/mol. The highest BCUT2D eigenvalue weighted by Gasteiger charge is 2.56. The molecule has 32 heavy (non-hydrogen) atoms. The Labute approximate surface area is 201 Å². The second-order valence-electron chi connectivity index (χ2n) is 13.1. The molecule has 0 aromatic carbocycles. The van der Waals surface area contributed by atoms with Gasteiger partial charge in [0.15, 0.2) is 0 Å². The molecule has 0 aromatic heterocycles. The summed E-state index contributed by atoms with van der Waals surface area (Å²) in [5.74, 6) is 4.90. The Bertz CT molecular complexity index is 679. The lowest BCUT2D eigenvalue weighted by molar-refractivity contribution is -0.134. The molecule has 1 heterocycles. The molecule has 176 valence electrons. The van der Waals surface area contributed by atoms with Crippen LogP contribution in [-0.4, -0.2) is 38.6 Å². The van der Waals surface area contributed by atoms with Gasteiger partial charge in [0.25, 0.3) is 0 Å². The lowest BCUT2D eigenvalue weighted by atomic mass is 9.50. The molecule has 0 N–H and O–H groups in total. The van der Waals surface area contributed by atoms with Gasteiger partial charge in [-0.15, -0.1) is 0 Å². The molecule has 0 amide bonds. The van der Waals surface area contributed by atoms with Gasteiger partial charge in [-0.2, -0.15) is 0 Å². The second-order valence-corrected chi connectivity index (χ2v) is 15.2. The van der Waals surface area contributed by atoms with Gasteiger partial charge in [0.2, 0.25) is 10.2 Å². The van der Waals surface area contributed by atoms with Crippen molar-refractivity contribution in [1.82, 2.24) is 8.61 Å². The molecule has 0 spiro atoms. The van der Waals surface area contributed by atoms with Crippen LogP contribution >= 0.6 is 23.9 Å². The number of hydrogen-bond donors (Lipinski definition) is 0. The number of nitrogens with zero attached hydrogens (tertiary/aromatic N) is 2. The van der Waals surface area contributed by atoms with Crippen LogP contribution in [0.4, 0.5) is 0 Å². The van der Waals surface area contributed by atoms with Gasteiger partial charge in [-0.25, -0.2) is 8.61 Å². The Balaban J connectivity index is 0.985. The van der Waals surface area contributed by atoms with Crippen LogP contribution < -0.4 is 0 Å². The van der Waals surface area contributed by atoms with Crippen molar-refractivity contribution >= 4 is 34.1 Å². The second kappa shape index (κ2) is 7.73. The van der Waals surface area contributed by atoms with Crippen molar-refractivity contribution in [1.29, 1.82) is 0 Å². The maximum atomic E-state index is 13.6. The van der Waals surface area contributed by atoms with Crippen molar-refractivity contribution in [2.45, 2.75) is 83.5 Å². The monoisotopic (exact) mass is 474 g/mol. The van der Waals surface area contributed by atoms with E-state index < -0.39 is 0 Å². The molecule has 0 radical (unpaired) electrons. The highest BCUT2D eigenvalue weighted by molar-refractivity contribution is 8.12. The minimum absolute atomic E-state index is 0.0240. The van der Waals surface area contributed by atoms with E-state index in [0.717, 1.165) is 100 Å². The number of carbonyl (C=O) groups excluding carboxylic acids is 2. The van der Waals surface area contributed by atoms with E-state index in [1.54, 1.807) is 0 Å². The van der Waals surface area contributed by atoms with E-state index in [-0.39, 0.29) is 10.8 Å². The highest BCUT2D eigenvalue weighted by atomic mass is 32.2. The smallest absolute Gasteiger partial charge is 0.210 e. The average Bonchev–Trinajstić information content (AvgIpc) is 2.72. The van der Waals surface area contributed by atoms with Gasteiger partial charge in [-0.3, -0.25) is 9.59 Å². The van der Waals surface area contributed by atoms with Gasteiger partial charge in [-0.1, -0.05) is 0 Å². The zero-order chi connectivity index (χ0) is 21.5. The van der Waals surface area contributed by atoms with Crippen molar-refractivity contribution in [3.63, 3.8) is 0 Å². The summed E-state index contributed by atoms with van der Waals surface area (Å²) in [6, 6.07) is 0. The van der Waals surface area contributed by atoms with Crippen LogP contribution in [0.15, 0.2) is 0 Å². The SMILES string of the molecule is O=C(SN1CCCN(SC(=O)C23CC4CC(CC(C4)C2)C3)C1)C12CC3CC(CC(C3)C1)C2. The van der Waals surface area contributed by atoms with Crippen LogP contribution in [0.25, 0.3) is 0 Å². The minimum Gasteiger partial charge on any atom is -0.285 e. The van der Waals surface area contributed by atoms with Crippen LogP contribution in [0.1, 0.15) is 83.5 Å². The van der Waals surface area contributed by atoms with Crippen molar-refractivity contribution < 1.29 is 9.59 Å². The molecule has 9 rings (SSSR count). The van der Waals surface area contributed by atoms with Gasteiger partial charge in [0, 0.05) is 23.9 Å². The third-order valence-electron chi connectivity index (χ3n) is 10.5. The van der Waals surface area contributed by atoms with Gasteiger partial charge >= 0.3 is 0 Å². The number of hydrogen-bond acceptors (Lipinski definition) is 6. The molecule has 0 atom stereocenters. The lowest BCUT2D eigenvalue weighted by Gasteiger charge is -2.56. The fourth-order valence-electron chi connectivity index (χ4n) is 10.0. The van der Waals surface area contributed by atoms with Gasteiger partial charge in [-0.05, 0) is 143 Å². The first-order valence-electron chi connectivity index (χ1n) is 13.4. The number of carbonyl (C=O) groups is 2. The Morgan fingerprint density at radius 1 is 0.562 bits per heavy atom. The fraction of sp³-hybridized carbons (Fsp3) is 0.923. The molecule has 1 saturated heterocycles. The fourth-order valence-corrected chi connectivity index (χ4v) is 12.3. The Kier molecular flexibility index (Phi) is 5.14. The van der Waals surface area contributed by atoms with Crippen molar-refractivity contribution in [2.75, 3.05) is 19.8 Å². The highest BCUT2D eigenvalue weighted by Crippen LogP contribution is 2.62. The third-order valence-corrected chi connectivity index (χ3v) is 12.8. The molecule has 6 heteroatoms. The molecule has 4 nitrogen and oxygen atoms in total. The standard InChI is InChI=1S/C26H38N2O2S2/c29-23(25-10-17-4-18(11-25)6-19(5-17)12-25)31-27-2-1-3-28(16-27)32-24(30)26-13-20-7-21(14-26)9-22(8-20)15-26/h17-22H,1-16H2. The van der Waals surface area contributed by atoms with E-state index in [4.69, 9.17) is 0 Å². The van der Waals surface area contributed by atoms with Crippen molar-refractivity contribution in [3.05, 3.63) is 0 Å². The third kappa shape index (κ3) is 3.56. The first kappa shape index (κ1) is 21.3. The topological polar surface area (TPSA) is 40.6 Å². The molecular formula is C26H38N2O2S2. The molecule has 1 aliphatic heterocycles. The summed E-state index contributed by atoms with van der Waals surface area (Å²) in [5, 5.41) is 0.909. The summed E-state index contributed by atoms with van der Waals surface area (Å²) in [4.78, 5) is 27.1.